The lowest BCUT2D eigenvalue weighted by Crippen LogP contribution is -2.30. The molecule has 24 heavy (non-hydrogen) atoms. The summed E-state index contributed by atoms with van der Waals surface area (Å²) in [6, 6.07) is 18.1. The molecule has 1 atom stereocenters. The number of hydrogen-bond donors (Lipinski definition) is 1. The SMILES string of the molecule is OC(CCN1CC=C(Cc2ccccc2)CC1)c1ccc(Cl)cc1. The first-order valence-electron chi connectivity index (χ1n) is 8.58. The molecule has 2 nitrogen and oxygen atoms in total. The van der Waals surface area contributed by atoms with Gasteiger partial charge in [-0.3, -0.25) is 4.90 Å². The van der Waals surface area contributed by atoms with E-state index in [0.717, 1.165) is 44.5 Å². The van der Waals surface area contributed by atoms with Crippen molar-refractivity contribution in [2.24, 2.45) is 0 Å². The second kappa shape index (κ2) is 8.48. The third kappa shape index (κ3) is 4.94. The van der Waals surface area contributed by atoms with Gasteiger partial charge in [0.1, 0.15) is 0 Å². The van der Waals surface area contributed by atoms with Gasteiger partial charge < -0.3 is 5.11 Å². The Labute approximate surface area is 149 Å². The van der Waals surface area contributed by atoms with E-state index >= 15 is 0 Å². The van der Waals surface area contributed by atoms with E-state index in [1.165, 1.54) is 11.1 Å². The van der Waals surface area contributed by atoms with E-state index in [2.05, 4.69) is 41.3 Å². The number of halogens is 1. The van der Waals surface area contributed by atoms with Crippen LogP contribution in [-0.2, 0) is 6.42 Å². The minimum atomic E-state index is -0.419. The molecule has 1 N–H and O–H groups in total. The molecular formula is C21H24ClNO. The van der Waals surface area contributed by atoms with Crippen LogP contribution in [0.15, 0.2) is 66.2 Å². The van der Waals surface area contributed by atoms with Crippen molar-refractivity contribution in [2.45, 2.75) is 25.4 Å². The number of rotatable bonds is 6. The highest BCUT2D eigenvalue weighted by Gasteiger charge is 2.14. The fourth-order valence-corrected chi connectivity index (χ4v) is 3.26. The van der Waals surface area contributed by atoms with Gasteiger partial charge in [0, 0.05) is 24.7 Å². The maximum atomic E-state index is 10.3. The van der Waals surface area contributed by atoms with Gasteiger partial charge in [0.15, 0.2) is 0 Å². The summed E-state index contributed by atoms with van der Waals surface area (Å²) in [5.74, 6) is 0. The van der Waals surface area contributed by atoms with E-state index in [1.807, 2.05) is 24.3 Å². The van der Waals surface area contributed by atoms with Crippen LogP contribution in [0.2, 0.25) is 5.02 Å². The summed E-state index contributed by atoms with van der Waals surface area (Å²) < 4.78 is 0. The minimum Gasteiger partial charge on any atom is -0.388 e. The van der Waals surface area contributed by atoms with Crippen LogP contribution < -0.4 is 0 Å². The average molecular weight is 342 g/mol. The fourth-order valence-electron chi connectivity index (χ4n) is 3.13. The molecule has 0 aromatic heterocycles. The lowest BCUT2D eigenvalue weighted by molar-refractivity contribution is 0.144. The molecule has 0 spiro atoms. The van der Waals surface area contributed by atoms with Crippen LogP contribution in [0.25, 0.3) is 0 Å². The topological polar surface area (TPSA) is 23.5 Å². The first kappa shape index (κ1) is 17.2. The molecule has 2 aromatic carbocycles. The van der Waals surface area contributed by atoms with Crippen molar-refractivity contribution in [3.63, 3.8) is 0 Å². The summed E-state index contributed by atoms with van der Waals surface area (Å²) in [4.78, 5) is 2.41. The average Bonchev–Trinajstić information content (AvgIpc) is 2.62. The molecule has 0 aliphatic carbocycles. The van der Waals surface area contributed by atoms with E-state index in [-0.39, 0.29) is 0 Å². The zero-order valence-corrected chi connectivity index (χ0v) is 14.6. The largest absolute Gasteiger partial charge is 0.388 e. The normalized spacial score (nSPS) is 16.7. The molecule has 1 aliphatic heterocycles. The predicted octanol–water partition coefficient (Wildman–Crippen LogP) is 4.64. The summed E-state index contributed by atoms with van der Waals surface area (Å²) in [7, 11) is 0. The molecule has 2 aromatic rings. The van der Waals surface area contributed by atoms with Gasteiger partial charge in [0.05, 0.1) is 6.10 Å². The Morgan fingerprint density at radius 3 is 2.46 bits per heavy atom. The molecule has 1 heterocycles. The van der Waals surface area contributed by atoms with Crippen LogP contribution in [0.1, 0.15) is 30.1 Å². The van der Waals surface area contributed by atoms with Crippen molar-refractivity contribution < 1.29 is 5.11 Å². The Hall–Kier alpha value is -1.61. The molecule has 0 saturated heterocycles. The molecule has 3 heteroatoms. The Kier molecular flexibility index (Phi) is 6.08. The van der Waals surface area contributed by atoms with Gasteiger partial charge in [-0.2, -0.15) is 0 Å². The summed E-state index contributed by atoms with van der Waals surface area (Å²) in [6.45, 7) is 2.97. The number of hydrogen-bond acceptors (Lipinski definition) is 2. The molecule has 0 amide bonds. The van der Waals surface area contributed by atoms with Crippen LogP contribution in [0.5, 0.6) is 0 Å². The zero-order chi connectivity index (χ0) is 16.8. The minimum absolute atomic E-state index is 0.419. The van der Waals surface area contributed by atoms with Gasteiger partial charge in [-0.15, -0.1) is 0 Å². The number of aliphatic hydroxyl groups excluding tert-OH is 1. The zero-order valence-electron chi connectivity index (χ0n) is 13.9. The quantitative estimate of drug-likeness (QED) is 0.774. The van der Waals surface area contributed by atoms with Crippen molar-refractivity contribution in [3.8, 4) is 0 Å². The van der Waals surface area contributed by atoms with Crippen molar-refractivity contribution in [3.05, 3.63) is 82.4 Å². The molecule has 1 aliphatic rings. The third-order valence-electron chi connectivity index (χ3n) is 4.63. The lowest BCUT2D eigenvalue weighted by Gasteiger charge is -2.27. The maximum Gasteiger partial charge on any atom is 0.0802 e. The standard InChI is InChI=1S/C21H24ClNO/c22-20-8-6-19(7-9-20)21(24)12-15-23-13-10-18(11-14-23)16-17-4-2-1-3-5-17/h1-10,21,24H,11-16H2. The molecule has 0 fully saturated rings. The van der Waals surface area contributed by atoms with E-state index in [9.17, 15) is 5.11 Å². The molecular weight excluding hydrogens is 318 g/mol. The predicted molar refractivity (Wildman–Crippen MR) is 100 cm³/mol. The Balaban J connectivity index is 1.45. The molecule has 0 bridgehead atoms. The monoisotopic (exact) mass is 341 g/mol. The Bertz CT molecular complexity index is 666. The van der Waals surface area contributed by atoms with Gasteiger partial charge >= 0.3 is 0 Å². The van der Waals surface area contributed by atoms with Crippen LogP contribution in [0, 0.1) is 0 Å². The summed E-state index contributed by atoms with van der Waals surface area (Å²) >= 11 is 5.89. The Morgan fingerprint density at radius 1 is 1.04 bits per heavy atom. The second-order valence-electron chi connectivity index (χ2n) is 6.43. The lowest BCUT2D eigenvalue weighted by atomic mass is 9.99. The number of benzene rings is 2. The van der Waals surface area contributed by atoms with Gasteiger partial charge in [-0.05, 0) is 42.5 Å². The first-order chi connectivity index (χ1) is 11.7. The molecule has 0 radical (unpaired) electrons. The van der Waals surface area contributed by atoms with Gasteiger partial charge in [0.2, 0.25) is 0 Å². The Morgan fingerprint density at radius 2 is 1.79 bits per heavy atom. The molecule has 3 rings (SSSR count). The van der Waals surface area contributed by atoms with Gasteiger partial charge in [-0.1, -0.05) is 65.7 Å². The summed E-state index contributed by atoms with van der Waals surface area (Å²) in [5.41, 5.74) is 3.85. The third-order valence-corrected chi connectivity index (χ3v) is 4.89. The molecule has 126 valence electrons. The number of aliphatic hydroxyl groups is 1. The maximum absolute atomic E-state index is 10.3. The summed E-state index contributed by atoms with van der Waals surface area (Å²) in [5, 5.41) is 11.0. The van der Waals surface area contributed by atoms with Crippen molar-refractivity contribution in [1.82, 2.24) is 4.90 Å². The van der Waals surface area contributed by atoms with Crippen molar-refractivity contribution in [2.75, 3.05) is 19.6 Å². The second-order valence-corrected chi connectivity index (χ2v) is 6.87. The van der Waals surface area contributed by atoms with E-state index in [0.29, 0.717) is 5.02 Å². The van der Waals surface area contributed by atoms with Gasteiger partial charge in [-0.25, -0.2) is 0 Å². The van der Waals surface area contributed by atoms with E-state index in [1.54, 1.807) is 0 Å². The smallest absolute Gasteiger partial charge is 0.0802 e. The van der Waals surface area contributed by atoms with E-state index < -0.39 is 6.10 Å². The molecule has 0 saturated carbocycles. The fraction of sp³-hybridized carbons (Fsp3) is 0.333. The van der Waals surface area contributed by atoms with Crippen LogP contribution in [-0.4, -0.2) is 29.6 Å². The molecule has 1 unspecified atom stereocenters. The van der Waals surface area contributed by atoms with E-state index in [4.69, 9.17) is 11.6 Å². The number of nitrogens with zero attached hydrogens (tertiary/aromatic N) is 1. The van der Waals surface area contributed by atoms with Crippen LogP contribution in [0.3, 0.4) is 0 Å². The summed E-state index contributed by atoms with van der Waals surface area (Å²) in [6.07, 6.45) is 4.86. The van der Waals surface area contributed by atoms with Crippen LogP contribution >= 0.6 is 11.6 Å². The van der Waals surface area contributed by atoms with Crippen molar-refractivity contribution >= 4 is 11.6 Å². The van der Waals surface area contributed by atoms with Crippen LogP contribution in [0.4, 0.5) is 0 Å². The highest BCUT2D eigenvalue weighted by molar-refractivity contribution is 6.30. The van der Waals surface area contributed by atoms with Gasteiger partial charge in [0.25, 0.3) is 0 Å². The highest BCUT2D eigenvalue weighted by Crippen LogP contribution is 2.21. The first-order valence-corrected chi connectivity index (χ1v) is 8.96. The van der Waals surface area contributed by atoms with Crippen molar-refractivity contribution in [1.29, 1.82) is 0 Å². The highest BCUT2D eigenvalue weighted by atomic mass is 35.5.